The van der Waals surface area contributed by atoms with Crippen LogP contribution in [-0.4, -0.2) is 52.0 Å². The first-order valence-electron chi connectivity index (χ1n) is 13.0. The molecule has 0 radical (unpaired) electrons. The van der Waals surface area contributed by atoms with Gasteiger partial charge < -0.3 is 9.84 Å². The molecule has 5 rings (SSSR count). The summed E-state index contributed by atoms with van der Waals surface area (Å²) in [6, 6.07) is 12.7. The normalized spacial score (nSPS) is 16.4. The fourth-order valence-corrected chi connectivity index (χ4v) is 7.29. The first kappa shape index (κ1) is 33.5. The largest absolute Gasteiger partial charge is 0.481 e. The number of carbonyl (C=O) groups is 2. The van der Waals surface area contributed by atoms with Crippen LogP contribution in [-0.2, 0) is 46.8 Å². The highest BCUT2D eigenvalue weighted by atomic mass is 32.2. The molecule has 222 valence electrons. The van der Waals surface area contributed by atoms with Gasteiger partial charge in [-0.25, -0.2) is 16.8 Å². The van der Waals surface area contributed by atoms with Gasteiger partial charge in [0.2, 0.25) is 0 Å². The van der Waals surface area contributed by atoms with Crippen LogP contribution in [0.3, 0.4) is 0 Å². The number of hydrogen-bond acceptors (Lipinski definition) is 7. The number of sulfone groups is 2. The topological polar surface area (TPSA) is 132 Å². The van der Waals surface area contributed by atoms with E-state index in [1.165, 1.54) is 12.1 Å². The van der Waals surface area contributed by atoms with Crippen molar-refractivity contribution in [2.75, 3.05) is 18.1 Å². The van der Waals surface area contributed by atoms with Crippen molar-refractivity contribution in [1.29, 1.82) is 0 Å². The molecule has 3 aliphatic carbocycles. The van der Waals surface area contributed by atoms with E-state index in [4.69, 9.17) is 9.84 Å². The number of carboxylic acids is 1. The summed E-state index contributed by atoms with van der Waals surface area (Å²) in [7, 11) is -6.36. The van der Waals surface area contributed by atoms with Crippen LogP contribution in [0.15, 0.2) is 58.3 Å². The zero-order chi connectivity index (χ0) is 27.3. The summed E-state index contributed by atoms with van der Waals surface area (Å²) in [5.41, 5.74) is 1.41. The van der Waals surface area contributed by atoms with Crippen molar-refractivity contribution in [3.05, 3.63) is 59.7 Å². The fraction of sp³-hybridized carbons (Fsp3) is 0.533. The Hall–Kier alpha value is -2.72. The molecule has 3 aliphatic rings. The summed E-state index contributed by atoms with van der Waals surface area (Å²) in [6.45, 7) is 0.521. The molecule has 40 heavy (non-hydrogen) atoms. The van der Waals surface area contributed by atoms with Crippen molar-refractivity contribution < 1.29 is 36.3 Å². The molecule has 2 aromatic carbocycles. The third kappa shape index (κ3) is 11.0. The van der Waals surface area contributed by atoms with E-state index in [-0.39, 0.29) is 45.2 Å². The first-order valence-corrected chi connectivity index (χ1v) is 16.3. The number of ether oxygens (including phenoxy) is 1. The number of benzene rings is 2. The Morgan fingerprint density at radius 1 is 0.650 bits per heavy atom. The summed E-state index contributed by atoms with van der Waals surface area (Å²) in [6.07, 6.45) is 6.46. The third-order valence-corrected chi connectivity index (χ3v) is 10.6. The molecular formula is C30H42O8S2. The SMILES string of the molecule is C.C.O=C(Cc1ccc(S(=O)(=O)CC2CC2)cc1)OCC1CC1.O=C(O)Cc1ccc(S(=O)(=O)CC2CC2)cc1. The van der Waals surface area contributed by atoms with Crippen LogP contribution in [0, 0.1) is 17.8 Å². The van der Waals surface area contributed by atoms with E-state index in [0.29, 0.717) is 39.7 Å². The van der Waals surface area contributed by atoms with Crippen molar-refractivity contribution in [2.45, 2.75) is 76.0 Å². The van der Waals surface area contributed by atoms with Gasteiger partial charge in [-0.05, 0) is 91.7 Å². The lowest BCUT2D eigenvalue weighted by Gasteiger charge is -2.06. The minimum atomic E-state index is -3.19. The molecule has 0 atom stereocenters. The van der Waals surface area contributed by atoms with Crippen LogP contribution in [0.25, 0.3) is 0 Å². The average molecular weight is 595 g/mol. The smallest absolute Gasteiger partial charge is 0.310 e. The Balaban J connectivity index is 0.000000272. The van der Waals surface area contributed by atoms with Crippen molar-refractivity contribution in [2.24, 2.45) is 17.8 Å². The first-order chi connectivity index (χ1) is 18.0. The van der Waals surface area contributed by atoms with E-state index in [1.807, 2.05) is 0 Å². The van der Waals surface area contributed by atoms with E-state index >= 15 is 0 Å². The molecule has 0 aromatic heterocycles. The van der Waals surface area contributed by atoms with E-state index in [0.717, 1.165) is 44.1 Å². The van der Waals surface area contributed by atoms with Gasteiger partial charge in [0.05, 0.1) is 40.7 Å². The van der Waals surface area contributed by atoms with Gasteiger partial charge in [0.15, 0.2) is 19.7 Å². The Labute approximate surface area is 239 Å². The van der Waals surface area contributed by atoms with Gasteiger partial charge in [0, 0.05) is 0 Å². The molecule has 0 bridgehead atoms. The Morgan fingerprint density at radius 3 is 1.38 bits per heavy atom. The second-order valence-corrected chi connectivity index (χ2v) is 14.7. The molecule has 0 spiro atoms. The zero-order valence-electron chi connectivity index (χ0n) is 21.3. The van der Waals surface area contributed by atoms with Crippen LogP contribution in [0.1, 0.15) is 64.5 Å². The Kier molecular flexibility index (Phi) is 11.9. The Bertz CT molecular complexity index is 1340. The maximum atomic E-state index is 12.1. The molecule has 3 saturated carbocycles. The minimum Gasteiger partial charge on any atom is -0.481 e. The van der Waals surface area contributed by atoms with Gasteiger partial charge in [-0.15, -0.1) is 0 Å². The predicted octanol–water partition coefficient (Wildman–Crippen LogP) is 5.14. The number of carboxylic acid groups (broad SMARTS) is 1. The highest BCUT2D eigenvalue weighted by Gasteiger charge is 2.30. The number of esters is 1. The minimum absolute atomic E-state index is 0. The quantitative estimate of drug-likeness (QED) is 0.334. The van der Waals surface area contributed by atoms with Gasteiger partial charge in [-0.1, -0.05) is 39.1 Å². The lowest BCUT2D eigenvalue weighted by molar-refractivity contribution is -0.143. The average Bonchev–Trinajstić information content (AvgIpc) is 3.69. The van der Waals surface area contributed by atoms with Crippen LogP contribution < -0.4 is 0 Å². The summed E-state index contributed by atoms with van der Waals surface area (Å²) in [5.74, 6) is 0.518. The standard InChI is InChI=1S/C16H20O4S.C12H14O4S.2CH4/c17-16(20-10-13-1-2-13)9-12-5-7-15(8-6-12)21(18,19)11-14-3-4-14;13-12(14)7-9-3-5-11(6-4-9)17(15,16)8-10-1-2-10;;/h5-8,13-14H,1-4,9-11H2;3-6,10H,1-2,7-8H2,(H,13,14);2*1H4. The number of rotatable bonds is 12. The molecule has 0 saturated heterocycles. The Morgan fingerprint density at radius 2 is 1.02 bits per heavy atom. The lowest BCUT2D eigenvalue weighted by atomic mass is 10.1. The third-order valence-electron chi connectivity index (χ3n) is 6.75. The van der Waals surface area contributed by atoms with Crippen molar-refractivity contribution in [3.63, 3.8) is 0 Å². The maximum absolute atomic E-state index is 12.1. The molecule has 10 heteroatoms. The van der Waals surface area contributed by atoms with Crippen LogP contribution in [0.5, 0.6) is 0 Å². The number of carbonyl (C=O) groups excluding carboxylic acids is 1. The molecular weight excluding hydrogens is 552 g/mol. The van der Waals surface area contributed by atoms with Gasteiger partial charge in [0.1, 0.15) is 0 Å². The van der Waals surface area contributed by atoms with E-state index in [9.17, 15) is 26.4 Å². The summed E-state index contributed by atoms with van der Waals surface area (Å²) in [4.78, 5) is 22.8. The van der Waals surface area contributed by atoms with Crippen molar-refractivity contribution in [1.82, 2.24) is 0 Å². The molecule has 2 aromatic rings. The van der Waals surface area contributed by atoms with E-state index in [1.54, 1.807) is 36.4 Å². The second kappa shape index (κ2) is 14.3. The van der Waals surface area contributed by atoms with Crippen molar-refractivity contribution >= 4 is 31.6 Å². The predicted molar refractivity (Wildman–Crippen MR) is 155 cm³/mol. The number of aliphatic carboxylic acids is 1. The molecule has 0 heterocycles. The van der Waals surface area contributed by atoms with Gasteiger partial charge in [0.25, 0.3) is 0 Å². The molecule has 0 unspecified atom stereocenters. The van der Waals surface area contributed by atoms with Crippen LogP contribution in [0.2, 0.25) is 0 Å². The van der Waals surface area contributed by atoms with Gasteiger partial charge in [-0.2, -0.15) is 0 Å². The second-order valence-electron chi connectivity index (χ2n) is 10.6. The van der Waals surface area contributed by atoms with Crippen molar-refractivity contribution in [3.8, 4) is 0 Å². The monoisotopic (exact) mass is 594 g/mol. The van der Waals surface area contributed by atoms with Gasteiger partial charge in [-0.3, -0.25) is 9.59 Å². The molecule has 0 aliphatic heterocycles. The molecule has 3 fully saturated rings. The number of hydrogen-bond donors (Lipinski definition) is 1. The lowest BCUT2D eigenvalue weighted by Crippen LogP contribution is -2.11. The summed E-state index contributed by atoms with van der Waals surface area (Å²) in [5, 5.41) is 8.61. The molecule has 1 N–H and O–H groups in total. The fourth-order valence-electron chi connectivity index (χ4n) is 3.90. The highest BCUT2D eigenvalue weighted by molar-refractivity contribution is 7.91. The van der Waals surface area contributed by atoms with Gasteiger partial charge >= 0.3 is 11.9 Å². The maximum Gasteiger partial charge on any atom is 0.310 e. The zero-order valence-corrected chi connectivity index (χ0v) is 22.9. The van der Waals surface area contributed by atoms with Crippen LogP contribution in [0.4, 0.5) is 0 Å². The summed E-state index contributed by atoms with van der Waals surface area (Å²) >= 11 is 0. The van der Waals surface area contributed by atoms with E-state index in [2.05, 4.69) is 0 Å². The van der Waals surface area contributed by atoms with E-state index < -0.39 is 25.6 Å². The molecule has 0 amide bonds. The summed E-state index contributed by atoms with van der Waals surface area (Å²) < 4.78 is 53.2. The molecule has 8 nitrogen and oxygen atoms in total. The van der Waals surface area contributed by atoms with Crippen LogP contribution >= 0.6 is 0 Å². The highest BCUT2D eigenvalue weighted by Crippen LogP contribution is 2.33.